The van der Waals surface area contributed by atoms with Crippen molar-refractivity contribution in [2.24, 2.45) is 0 Å². The van der Waals surface area contributed by atoms with Gasteiger partial charge in [0.1, 0.15) is 34.7 Å². The number of carbonyl (C=O) groups excluding carboxylic acids is 1. The van der Waals surface area contributed by atoms with Crippen molar-refractivity contribution in [2.45, 2.75) is 86.6 Å². The Kier molecular flexibility index (Phi) is 13.8. The highest BCUT2D eigenvalue weighted by Gasteiger charge is 2.47. The van der Waals surface area contributed by atoms with Crippen LogP contribution in [-0.2, 0) is 36.1 Å². The van der Waals surface area contributed by atoms with Crippen LogP contribution in [0.4, 0.5) is 9.59 Å². The van der Waals surface area contributed by atoms with Crippen molar-refractivity contribution >= 4 is 32.2 Å². The summed E-state index contributed by atoms with van der Waals surface area (Å²) in [5.74, 6) is 0.421. The standard InChI is InChI=1S/C39H52N4O12S2/c1-6-52-34-15-14-29(28-12-10-27(11-13-28)23-41-36(45)55-38(2,3)4)20-35(34)57(50,51)42-18-16-39(17-19-42)22-30(25-54-39)43(37(46)47)24-31(44)26-53-32-8-7-9-33(21-32)56(48,49)40-5/h7-15,20-21,30-31,40,44H,6,16-19,22-26H2,1-5H3,(H,41,45)(H,46,47)/t30-,31-/m0/s1. The third kappa shape index (κ3) is 11.1. The summed E-state index contributed by atoms with van der Waals surface area (Å²) in [5, 5.41) is 23.5. The summed E-state index contributed by atoms with van der Waals surface area (Å²) < 4.78 is 79.1. The summed E-state index contributed by atoms with van der Waals surface area (Å²) in [5.41, 5.74) is 0.899. The lowest BCUT2D eigenvalue weighted by Crippen LogP contribution is -2.48. The van der Waals surface area contributed by atoms with Crippen LogP contribution in [0.1, 0.15) is 52.5 Å². The van der Waals surface area contributed by atoms with Gasteiger partial charge in [-0.2, -0.15) is 4.31 Å². The summed E-state index contributed by atoms with van der Waals surface area (Å²) in [6, 6.07) is 17.6. The number of piperidine rings is 1. The number of benzene rings is 3. The van der Waals surface area contributed by atoms with Crippen LogP contribution in [0.15, 0.2) is 76.5 Å². The first-order valence-corrected chi connectivity index (χ1v) is 21.6. The Balaban J connectivity index is 1.20. The average molecular weight is 833 g/mol. The van der Waals surface area contributed by atoms with Crippen LogP contribution in [0.5, 0.6) is 11.5 Å². The fourth-order valence-corrected chi connectivity index (χ4v) is 9.18. The van der Waals surface area contributed by atoms with E-state index in [4.69, 9.17) is 18.9 Å². The average Bonchev–Trinajstić information content (AvgIpc) is 3.57. The molecule has 3 aromatic rings. The van der Waals surface area contributed by atoms with Crippen LogP contribution in [0, 0.1) is 0 Å². The predicted molar refractivity (Wildman–Crippen MR) is 210 cm³/mol. The van der Waals surface area contributed by atoms with Gasteiger partial charge in [-0.1, -0.05) is 36.4 Å². The second-order valence-electron chi connectivity index (χ2n) is 15.0. The van der Waals surface area contributed by atoms with Gasteiger partial charge in [-0.05, 0) is 95.0 Å². The second kappa shape index (κ2) is 18.0. The summed E-state index contributed by atoms with van der Waals surface area (Å²) in [6.07, 6.45) is -2.04. The van der Waals surface area contributed by atoms with E-state index in [1.54, 1.807) is 45.9 Å². The zero-order valence-corrected chi connectivity index (χ0v) is 34.4. The van der Waals surface area contributed by atoms with Crippen molar-refractivity contribution in [3.05, 3.63) is 72.3 Å². The Bertz CT molecular complexity index is 2100. The van der Waals surface area contributed by atoms with Gasteiger partial charge in [0.15, 0.2) is 0 Å². The van der Waals surface area contributed by atoms with E-state index in [0.717, 1.165) is 16.0 Å². The molecule has 3 aromatic carbocycles. The largest absolute Gasteiger partial charge is 0.492 e. The Labute approximate surface area is 334 Å². The lowest BCUT2D eigenvalue weighted by molar-refractivity contribution is -0.0319. The first-order valence-electron chi connectivity index (χ1n) is 18.7. The van der Waals surface area contributed by atoms with E-state index >= 15 is 0 Å². The number of nitrogens with one attached hydrogen (secondary N) is 2. The molecule has 4 N–H and O–H groups in total. The topological polar surface area (TPSA) is 210 Å². The van der Waals surface area contributed by atoms with E-state index in [0.29, 0.717) is 24.8 Å². The number of carbonyl (C=O) groups is 2. The Morgan fingerprint density at radius 1 is 1.00 bits per heavy atom. The van der Waals surface area contributed by atoms with Crippen LogP contribution in [-0.4, -0.2) is 118 Å². The van der Waals surface area contributed by atoms with Crippen molar-refractivity contribution in [2.75, 3.05) is 46.5 Å². The lowest BCUT2D eigenvalue weighted by Gasteiger charge is -2.38. The van der Waals surface area contributed by atoms with Gasteiger partial charge < -0.3 is 39.4 Å². The van der Waals surface area contributed by atoms with Crippen molar-refractivity contribution in [3.8, 4) is 22.6 Å². The van der Waals surface area contributed by atoms with Gasteiger partial charge >= 0.3 is 12.2 Å². The summed E-state index contributed by atoms with van der Waals surface area (Å²) in [7, 11) is -6.46. The molecule has 16 nitrogen and oxygen atoms in total. The molecule has 2 heterocycles. The summed E-state index contributed by atoms with van der Waals surface area (Å²) >= 11 is 0. The third-order valence-corrected chi connectivity index (χ3v) is 13.1. The van der Waals surface area contributed by atoms with E-state index in [1.165, 1.54) is 35.6 Å². The highest BCUT2D eigenvalue weighted by atomic mass is 32.2. The molecule has 57 heavy (non-hydrogen) atoms. The number of aliphatic hydroxyl groups excluding tert-OH is 1. The smallest absolute Gasteiger partial charge is 0.407 e. The van der Waals surface area contributed by atoms with Crippen molar-refractivity contribution in [1.29, 1.82) is 0 Å². The molecule has 18 heteroatoms. The third-order valence-electron chi connectivity index (χ3n) is 9.73. The number of carboxylic acid groups (broad SMARTS) is 1. The molecule has 2 aliphatic heterocycles. The zero-order valence-electron chi connectivity index (χ0n) is 32.8. The van der Waals surface area contributed by atoms with E-state index in [1.807, 2.05) is 24.3 Å². The van der Waals surface area contributed by atoms with Gasteiger partial charge in [-0.25, -0.2) is 31.1 Å². The Morgan fingerprint density at radius 3 is 2.32 bits per heavy atom. The zero-order chi connectivity index (χ0) is 41.6. The lowest BCUT2D eigenvalue weighted by atomic mass is 9.88. The first kappa shape index (κ1) is 43.7. The van der Waals surface area contributed by atoms with Gasteiger partial charge in [0.05, 0.1) is 36.3 Å². The number of hydrogen-bond acceptors (Lipinski definition) is 11. The van der Waals surface area contributed by atoms with E-state index in [9.17, 15) is 36.6 Å². The fourth-order valence-electron chi connectivity index (χ4n) is 6.81. The molecule has 2 amide bonds. The minimum atomic E-state index is -4.03. The van der Waals surface area contributed by atoms with Crippen LogP contribution in [0.2, 0.25) is 0 Å². The molecule has 0 aliphatic carbocycles. The van der Waals surface area contributed by atoms with Gasteiger partial charge in [-0.3, -0.25) is 0 Å². The minimum Gasteiger partial charge on any atom is -0.492 e. The molecule has 2 saturated heterocycles. The normalized spacial score (nSPS) is 17.8. The summed E-state index contributed by atoms with van der Waals surface area (Å²) in [4.78, 5) is 25.5. The van der Waals surface area contributed by atoms with E-state index < -0.39 is 55.6 Å². The Hall–Kier alpha value is -4.46. The number of amides is 2. The predicted octanol–water partition coefficient (Wildman–Crippen LogP) is 4.42. The van der Waals surface area contributed by atoms with Gasteiger partial charge in [-0.15, -0.1) is 0 Å². The molecular formula is C39H52N4O12S2. The first-order chi connectivity index (χ1) is 26.8. The van der Waals surface area contributed by atoms with Crippen LogP contribution in [0.3, 0.4) is 0 Å². The number of ether oxygens (including phenoxy) is 4. The molecule has 0 saturated carbocycles. The number of rotatable bonds is 15. The van der Waals surface area contributed by atoms with Crippen LogP contribution < -0.4 is 19.5 Å². The van der Waals surface area contributed by atoms with Gasteiger partial charge in [0.2, 0.25) is 20.0 Å². The monoisotopic (exact) mass is 832 g/mol. The fraction of sp³-hybridized carbons (Fsp3) is 0.487. The number of aliphatic hydroxyl groups is 1. The Morgan fingerprint density at radius 2 is 1.68 bits per heavy atom. The van der Waals surface area contributed by atoms with Gasteiger partial charge in [0, 0.05) is 25.7 Å². The highest BCUT2D eigenvalue weighted by Crippen LogP contribution is 2.40. The SMILES string of the molecule is CCOc1ccc(-c2ccc(CNC(=O)OC(C)(C)C)cc2)cc1S(=O)(=O)N1CCC2(CC1)C[C@H](N(C[C@H](O)COc1cccc(S(=O)(=O)NC)c1)C(=O)O)CO2. The maximum Gasteiger partial charge on any atom is 0.407 e. The number of nitrogens with zero attached hydrogens (tertiary/aromatic N) is 2. The molecule has 312 valence electrons. The van der Waals surface area contributed by atoms with Crippen molar-refractivity contribution in [3.63, 3.8) is 0 Å². The molecule has 5 rings (SSSR count). The molecular weight excluding hydrogens is 781 g/mol. The molecule has 0 radical (unpaired) electrons. The molecule has 0 bridgehead atoms. The van der Waals surface area contributed by atoms with Gasteiger partial charge in [0.25, 0.3) is 0 Å². The molecule has 0 aromatic heterocycles. The van der Waals surface area contributed by atoms with E-state index in [2.05, 4.69) is 10.0 Å². The number of alkyl carbamates (subject to hydrolysis) is 1. The molecule has 2 fully saturated rings. The number of hydrogen-bond donors (Lipinski definition) is 4. The van der Waals surface area contributed by atoms with E-state index in [-0.39, 0.29) is 67.3 Å². The molecule has 2 atom stereocenters. The maximum absolute atomic E-state index is 14.2. The van der Waals surface area contributed by atoms with Crippen LogP contribution in [0.25, 0.3) is 11.1 Å². The van der Waals surface area contributed by atoms with Crippen LogP contribution >= 0.6 is 0 Å². The van der Waals surface area contributed by atoms with Crippen molar-refractivity contribution < 1.29 is 55.6 Å². The minimum absolute atomic E-state index is 0.0193. The summed E-state index contributed by atoms with van der Waals surface area (Å²) in [6.45, 7) is 7.42. The number of sulfonamides is 2. The van der Waals surface area contributed by atoms with Crippen molar-refractivity contribution in [1.82, 2.24) is 19.2 Å². The molecule has 2 aliphatic rings. The maximum atomic E-state index is 14.2. The second-order valence-corrected chi connectivity index (χ2v) is 18.8. The molecule has 1 spiro atoms. The quantitative estimate of drug-likeness (QED) is 0.168. The molecule has 0 unspecified atom stereocenters. The highest BCUT2D eigenvalue weighted by molar-refractivity contribution is 7.89.